The highest BCUT2D eigenvalue weighted by molar-refractivity contribution is 5.88. The largest absolute Gasteiger partial charge is 0.478 e. The summed E-state index contributed by atoms with van der Waals surface area (Å²) in [5.74, 6) is -0.932. The molecule has 2 aromatic rings. The molecule has 0 aliphatic carbocycles. The molecule has 118 valence electrons. The Morgan fingerprint density at radius 1 is 1.23 bits per heavy atom. The maximum absolute atomic E-state index is 11.4. The molecule has 1 N–H and O–H groups in total. The van der Waals surface area contributed by atoms with Crippen molar-refractivity contribution < 1.29 is 9.90 Å². The maximum Gasteiger partial charge on any atom is 0.339 e. The summed E-state index contributed by atoms with van der Waals surface area (Å²) >= 11 is 0. The van der Waals surface area contributed by atoms with Gasteiger partial charge < -0.3 is 5.11 Å². The van der Waals surface area contributed by atoms with Crippen molar-refractivity contribution in [1.82, 2.24) is 14.7 Å². The number of benzene rings is 1. The summed E-state index contributed by atoms with van der Waals surface area (Å²) in [6, 6.07) is 10.1. The van der Waals surface area contributed by atoms with Gasteiger partial charge in [0.25, 0.3) is 0 Å². The maximum atomic E-state index is 11.4. The minimum atomic E-state index is -0.932. The van der Waals surface area contributed by atoms with Crippen molar-refractivity contribution in [2.45, 2.75) is 39.4 Å². The molecule has 0 spiro atoms. The minimum absolute atomic E-state index is 0.253. The van der Waals surface area contributed by atoms with Gasteiger partial charge in [-0.25, -0.2) is 4.79 Å². The first-order valence-electron chi connectivity index (χ1n) is 7.32. The molecule has 0 unspecified atom stereocenters. The van der Waals surface area contributed by atoms with Crippen molar-refractivity contribution in [3.8, 4) is 0 Å². The molecule has 0 saturated heterocycles. The highest BCUT2D eigenvalue weighted by atomic mass is 16.4. The number of aromatic carboxylic acids is 1. The number of hydrogen-bond acceptors (Lipinski definition) is 3. The highest BCUT2D eigenvalue weighted by Crippen LogP contribution is 2.21. The molecule has 1 heterocycles. The molecule has 22 heavy (non-hydrogen) atoms. The molecule has 1 aromatic heterocycles. The van der Waals surface area contributed by atoms with Crippen LogP contribution >= 0.6 is 0 Å². The van der Waals surface area contributed by atoms with E-state index in [4.69, 9.17) is 0 Å². The molecular formula is C17H23N3O2. The molecule has 0 atom stereocenters. The SMILES string of the molecule is CN(Cc1ccccc1)Cc1c(C(=O)O)cnn1C(C)(C)C. The Labute approximate surface area is 131 Å². The molecule has 0 aliphatic rings. The normalized spacial score (nSPS) is 11.9. The van der Waals surface area contributed by atoms with Crippen LogP contribution in [0.3, 0.4) is 0 Å². The van der Waals surface area contributed by atoms with Crippen molar-refractivity contribution >= 4 is 5.97 Å². The fourth-order valence-corrected chi connectivity index (χ4v) is 2.49. The van der Waals surface area contributed by atoms with E-state index in [1.54, 1.807) is 4.68 Å². The molecule has 0 fully saturated rings. The van der Waals surface area contributed by atoms with Crippen LogP contribution in [0.4, 0.5) is 0 Å². The minimum Gasteiger partial charge on any atom is -0.478 e. The average Bonchev–Trinajstić information content (AvgIpc) is 2.83. The summed E-state index contributed by atoms with van der Waals surface area (Å²) in [6.07, 6.45) is 1.44. The molecule has 0 saturated carbocycles. The van der Waals surface area contributed by atoms with Gasteiger partial charge >= 0.3 is 5.97 Å². The molecule has 0 amide bonds. The number of nitrogens with zero attached hydrogens (tertiary/aromatic N) is 3. The fraction of sp³-hybridized carbons (Fsp3) is 0.412. The van der Waals surface area contributed by atoms with Crippen LogP contribution in [0.25, 0.3) is 0 Å². The number of carboxylic acid groups (broad SMARTS) is 1. The van der Waals surface area contributed by atoms with Crippen LogP contribution in [0.5, 0.6) is 0 Å². The Hall–Kier alpha value is -2.14. The smallest absolute Gasteiger partial charge is 0.339 e. The zero-order chi connectivity index (χ0) is 16.3. The average molecular weight is 301 g/mol. The number of rotatable bonds is 5. The van der Waals surface area contributed by atoms with Crippen LogP contribution in [0.15, 0.2) is 36.5 Å². The van der Waals surface area contributed by atoms with E-state index in [1.165, 1.54) is 11.8 Å². The fourth-order valence-electron chi connectivity index (χ4n) is 2.49. The summed E-state index contributed by atoms with van der Waals surface area (Å²) in [4.78, 5) is 13.5. The van der Waals surface area contributed by atoms with Gasteiger partial charge in [0.2, 0.25) is 0 Å². The topological polar surface area (TPSA) is 58.4 Å². The van der Waals surface area contributed by atoms with Gasteiger partial charge in [0, 0.05) is 13.1 Å². The molecule has 5 heteroatoms. The molecule has 2 rings (SSSR count). The summed E-state index contributed by atoms with van der Waals surface area (Å²) in [5, 5.41) is 13.7. The van der Waals surface area contributed by atoms with Crippen LogP contribution in [0, 0.1) is 0 Å². The van der Waals surface area contributed by atoms with Crippen molar-refractivity contribution in [2.24, 2.45) is 0 Å². The quantitative estimate of drug-likeness (QED) is 0.922. The van der Waals surface area contributed by atoms with Gasteiger partial charge in [-0.1, -0.05) is 30.3 Å². The molecule has 1 aromatic carbocycles. The highest BCUT2D eigenvalue weighted by Gasteiger charge is 2.24. The Balaban J connectivity index is 2.24. The molecule has 5 nitrogen and oxygen atoms in total. The lowest BCUT2D eigenvalue weighted by Gasteiger charge is -2.25. The van der Waals surface area contributed by atoms with Gasteiger partial charge in [0.1, 0.15) is 5.56 Å². The monoisotopic (exact) mass is 301 g/mol. The van der Waals surface area contributed by atoms with E-state index in [2.05, 4.69) is 22.1 Å². The van der Waals surface area contributed by atoms with Gasteiger partial charge in [-0.15, -0.1) is 0 Å². The zero-order valence-electron chi connectivity index (χ0n) is 13.6. The predicted octanol–water partition coefficient (Wildman–Crippen LogP) is 2.97. The van der Waals surface area contributed by atoms with Crippen LogP contribution in [0.2, 0.25) is 0 Å². The van der Waals surface area contributed by atoms with Gasteiger partial charge in [0.05, 0.1) is 17.4 Å². The lowest BCUT2D eigenvalue weighted by atomic mass is 10.1. The number of carboxylic acids is 1. The predicted molar refractivity (Wildman–Crippen MR) is 85.8 cm³/mol. The summed E-state index contributed by atoms with van der Waals surface area (Å²) in [7, 11) is 1.98. The van der Waals surface area contributed by atoms with E-state index in [0.717, 1.165) is 12.2 Å². The Morgan fingerprint density at radius 2 is 1.86 bits per heavy atom. The Morgan fingerprint density at radius 3 is 2.41 bits per heavy atom. The number of aromatic nitrogens is 2. The van der Waals surface area contributed by atoms with E-state index in [-0.39, 0.29) is 11.1 Å². The van der Waals surface area contributed by atoms with E-state index in [1.807, 2.05) is 46.0 Å². The van der Waals surface area contributed by atoms with E-state index >= 15 is 0 Å². The molecule has 0 aliphatic heterocycles. The third-order valence-corrected chi connectivity index (χ3v) is 3.45. The first-order valence-corrected chi connectivity index (χ1v) is 7.32. The standard InChI is InChI=1S/C17H23N3O2/c1-17(2,3)20-15(14(10-18-20)16(21)22)12-19(4)11-13-8-6-5-7-9-13/h5-10H,11-12H2,1-4H3,(H,21,22). The first-order chi connectivity index (χ1) is 10.3. The van der Waals surface area contributed by atoms with Gasteiger partial charge in [-0.2, -0.15) is 5.10 Å². The van der Waals surface area contributed by atoms with Crippen LogP contribution < -0.4 is 0 Å². The zero-order valence-corrected chi connectivity index (χ0v) is 13.6. The van der Waals surface area contributed by atoms with E-state index in [9.17, 15) is 9.90 Å². The van der Waals surface area contributed by atoms with E-state index in [0.29, 0.717) is 6.54 Å². The Bertz CT molecular complexity index is 642. The first kappa shape index (κ1) is 16.2. The number of carbonyl (C=O) groups is 1. The second kappa shape index (κ2) is 6.32. The summed E-state index contributed by atoms with van der Waals surface area (Å²) in [6.45, 7) is 7.36. The van der Waals surface area contributed by atoms with Gasteiger partial charge in [0.15, 0.2) is 0 Å². The number of hydrogen-bond donors (Lipinski definition) is 1. The lowest BCUT2D eigenvalue weighted by Crippen LogP contribution is -2.29. The second-order valence-electron chi connectivity index (χ2n) is 6.55. The Kier molecular flexibility index (Phi) is 4.66. The molecule has 0 radical (unpaired) electrons. The van der Waals surface area contributed by atoms with Crippen molar-refractivity contribution in [1.29, 1.82) is 0 Å². The summed E-state index contributed by atoms with van der Waals surface area (Å²) in [5.41, 5.74) is 1.95. The summed E-state index contributed by atoms with van der Waals surface area (Å²) < 4.78 is 1.80. The molecular weight excluding hydrogens is 278 g/mol. The second-order valence-corrected chi connectivity index (χ2v) is 6.55. The molecule has 0 bridgehead atoms. The van der Waals surface area contributed by atoms with Gasteiger partial charge in [-0.05, 0) is 33.4 Å². The van der Waals surface area contributed by atoms with Crippen molar-refractivity contribution in [2.75, 3.05) is 7.05 Å². The van der Waals surface area contributed by atoms with Crippen LogP contribution in [0.1, 0.15) is 42.4 Å². The van der Waals surface area contributed by atoms with Crippen LogP contribution in [-0.2, 0) is 18.6 Å². The van der Waals surface area contributed by atoms with Crippen molar-refractivity contribution in [3.05, 3.63) is 53.3 Å². The van der Waals surface area contributed by atoms with E-state index < -0.39 is 5.97 Å². The third-order valence-electron chi connectivity index (χ3n) is 3.45. The van der Waals surface area contributed by atoms with Crippen molar-refractivity contribution in [3.63, 3.8) is 0 Å². The van der Waals surface area contributed by atoms with Gasteiger partial charge in [-0.3, -0.25) is 9.58 Å². The van der Waals surface area contributed by atoms with Crippen LogP contribution in [-0.4, -0.2) is 32.8 Å². The third kappa shape index (κ3) is 3.74. The lowest BCUT2D eigenvalue weighted by molar-refractivity contribution is 0.0694.